The van der Waals surface area contributed by atoms with E-state index in [4.69, 9.17) is 5.26 Å². The van der Waals surface area contributed by atoms with Crippen LogP contribution in [0.25, 0.3) is 0 Å². The monoisotopic (exact) mass is 305 g/mol. The lowest BCUT2D eigenvalue weighted by Crippen LogP contribution is -2.09. The molecule has 0 saturated carbocycles. The van der Waals surface area contributed by atoms with Gasteiger partial charge in [0.15, 0.2) is 9.84 Å². The molecule has 0 unspecified atom stereocenters. The molecule has 0 N–H and O–H groups in total. The number of sulfone groups is 1. The Hall–Kier alpha value is -1.91. The maximum absolute atomic E-state index is 12.1. The summed E-state index contributed by atoms with van der Waals surface area (Å²) in [4.78, 5) is 8.21. The van der Waals surface area contributed by atoms with E-state index in [0.29, 0.717) is 16.3 Å². The Bertz CT molecular complexity index is 708. The topological polar surface area (TPSA) is 83.7 Å². The summed E-state index contributed by atoms with van der Waals surface area (Å²) in [6, 6.07) is 7.88. The summed E-state index contributed by atoms with van der Waals surface area (Å²) in [5.41, 5.74) is 0.442. The van der Waals surface area contributed by atoms with E-state index in [2.05, 4.69) is 9.97 Å². The first kappa shape index (κ1) is 14.5. The first-order chi connectivity index (χ1) is 9.62. The van der Waals surface area contributed by atoms with Gasteiger partial charge in [-0.05, 0) is 24.3 Å². The molecule has 0 aliphatic heterocycles. The van der Waals surface area contributed by atoms with Crippen LogP contribution in [0.4, 0.5) is 0 Å². The number of nitriles is 1. The molecule has 0 amide bonds. The second-order valence-electron chi connectivity index (χ2n) is 3.85. The lowest BCUT2D eigenvalue weighted by Gasteiger charge is -2.04. The Morgan fingerprint density at radius 1 is 1.20 bits per heavy atom. The Morgan fingerprint density at radius 2 is 1.95 bits per heavy atom. The van der Waals surface area contributed by atoms with Gasteiger partial charge in [-0.25, -0.2) is 13.4 Å². The quantitative estimate of drug-likeness (QED) is 0.785. The molecule has 20 heavy (non-hydrogen) atoms. The molecule has 1 aromatic heterocycles. The van der Waals surface area contributed by atoms with Gasteiger partial charge in [0.25, 0.3) is 0 Å². The Kier molecular flexibility index (Phi) is 4.71. The highest BCUT2D eigenvalue weighted by Gasteiger charge is 2.14. The molecule has 0 radical (unpaired) electrons. The van der Waals surface area contributed by atoms with Gasteiger partial charge in [-0.3, -0.25) is 4.98 Å². The molecule has 0 atom stereocenters. The van der Waals surface area contributed by atoms with E-state index >= 15 is 0 Å². The van der Waals surface area contributed by atoms with Crippen molar-refractivity contribution in [2.24, 2.45) is 0 Å². The molecule has 102 valence electrons. The van der Waals surface area contributed by atoms with E-state index in [9.17, 15) is 8.42 Å². The zero-order chi connectivity index (χ0) is 14.4. The molecular formula is C13H11N3O2S2. The van der Waals surface area contributed by atoms with Crippen molar-refractivity contribution in [3.63, 3.8) is 0 Å². The summed E-state index contributed by atoms with van der Waals surface area (Å²) in [5.74, 6) is 0.418. The van der Waals surface area contributed by atoms with Crippen molar-refractivity contribution in [2.45, 2.75) is 9.92 Å². The molecule has 0 spiro atoms. The minimum Gasteiger partial charge on any atom is -0.260 e. The Morgan fingerprint density at radius 3 is 2.55 bits per heavy atom. The van der Waals surface area contributed by atoms with E-state index < -0.39 is 9.84 Å². The van der Waals surface area contributed by atoms with Gasteiger partial charge >= 0.3 is 0 Å². The number of thioether (sulfide) groups is 1. The van der Waals surface area contributed by atoms with Crippen molar-refractivity contribution < 1.29 is 8.42 Å². The first-order valence-electron chi connectivity index (χ1n) is 5.73. The van der Waals surface area contributed by atoms with E-state index in [1.54, 1.807) is 18.6 Å². The second-order valence-corrected chi connectivity index (χ2v) is 7.07. The number of nitrogens with zero attached hydrogens (tertiary/aromatic N) is 3. The summed E-state index contributed by atoms with van der Waals surface area (Å²) >= 11 is 1.34. The summed E-state index contributed by atoms with van der Waals surface area (Å²) < 4.78 is 24.2. The number of rotatable bonds is 5. The van der Waals surface area contributed by atoms with Crippen molar-refractivity contribution in [3.05, 3.63) is 48.4 Å². The van der Waals surface area contributed by atoms with Gasteiger partial charge in [0.05, 0.1) is 28.5 Å². The minimum atomic E-state index is -3.33. The molecule has 0 bridgehead atoms. The average Bonchev–Trinajstić information content (AvgIpc) is 2.48. The van der Waals surface area contributed by atoms with Crippen LogP contribution in [0.15, 0.2) is 52.8 Å². The zero-order valence-corrected chi connectivity index (χ0v) is 12.1. The maximum atomic E-state index is 12.1. The van der Waals surface area contributed by atoms with Gasteiger partial charge in [-0.15, -0.1) is 11.8 Å². The summed E-state index contributed by atoms with van der Waals surface area (Å²) in [7, 11) is -3.33. The normalized spacial score (nSPS) is 10.9. The van der Waals surface area contributed by atoms with Crippen LogP contribution in [0.3, 0.4) is 0 Å². The van der Waals surface area contributed by atoms with Gasteiger partial charge in [-0.1, -0.05) is 0 Å². The van der Waals surface area contributed by atoms with Gasteiger partial charge in [0.1, 0.15) is 5.03 Å². The molecule has 2 rings (SSSR count). The molecular weight excluding hydrogens is 294 g/mol. The van der Waals surface area contributed by atoms with Crippen LogP contribution in [0.2, 0.25) is 0 Å². The van der Waals surface area contributed by atoms with Gasteiger partial charge in [0.2, 0.25) is 0 Å². The number of hydrogen-bond donors (Lipinski definition) is 0. The fourth-order valence-corrected chi connectivity index (χ4v) is 3.95. The average molecular weight is 305 g/mol. The van der Waals surface area contributed by atoms with Crippen LogP contribution >= 0.6 is 11.8 Å². The first-order valence-corrected chi connectivity index (χ1v) is 8.37. The molecule has 1 aromatic carbocycles. The van der Waals surface area contributed by atoms with Crippen LogP contribution in [-0.4, -0.2) is 29.9 Å². The summed E-state index contributed by atoms with van der Waals surface area (Å²) in [6.45, 7) is 0. The third kappa shape index (κ3) is 3.79. The fourth-order valence-electron chi connectivity index (χ4n) is 1.47. The van der Waals surface area contributed by atoms with Crippen LogP contribution in [0.5, 0.6) is 0 Å². The van der Waals surface area contributed by atoms with Crippen molar-refractivity contribution in [3.8, 4) is 6.07 Å². The second kappa shape index (κ2) is 6.50. The zero-order valence-electron chi connectivity index (χ0n) is 10.4. The van der Waals surface area contributed by atoms with Gasteiger partial charge < -0.3 is 0 Å². The number of hydrogen-bond acceptors (Lipinski definition) is 6. The fraction of sp³-hybridized carbons (Fsp3) is 0.154. The molecule has 0 aliphatic rings. The van der Waals surface area contributed by atoms with E-state index in [-0.39, 0.29) is 10.6 Å². The van der Waals surface area contributed by atoms with Crippen molar-refractivity contribution >= 4 is 21.6 Å². The standard InChI is InChI=1S/C13H11N3O2S2/c14-9-11-1-3-12(4-2-11)20(17,18)8-7-19-13-10-15-5-6-16-13/h1-6,10H,7-8H2. The smallest absolute Gasteiger partial charge is 0.179 e. The molecule has 0 fully saturated rings. The van der Waals surface area contributed by atoms with E-state index in [1.807, 2.05) is 6.07 Å². The van der Waals surface area contributed by atoms with Gasteiger partial charge in [0, 0.05) is 18.1 Å². The molecule has 1 heterocycles. The predicted molar refractivity (Wildman–Crippen MR) is 76.0 cm³/mol. The van der Waals surface area contributed by atoms with Crippen molar-refractivity contribution in [1.82, 2.24) is 9.97 Å². The Labute approximate surface area is 121 Å². The molecule has 5 nitrogen and oxygen atoms in total. The lowest BCUT2D eigenvalue weighted by molar-refractivity contribution is 0.597. The molecule has 0 saturated heterocycles. The van der Waals surface area contributed by atoms with Crippen molar-refractivity contribution in [1.29, 1.82) is 5.26 Å². The van der Waals surface area contributed by atoms with E-state index in [0.717, 1.165) is 0 Å². The highest BCUT2D eigenvalue weighted by atomic mass is 32.2. The van der Waals surface area contributed by atoms with Crippen LogP contribution in [-0.2, 0) is 9.84 Å². The lowest BCUT2D eigenvalue weighted by atomic mass is 10.2. The SMILES string of the molecule is N#Cc1ccc(S(=O)(=O)CCSc2cnccn2)cc1. The summed E-state index contributed by atoms with van der Waals surface area (Å²) in [5, 5.41) is 9.38. The highest BCUT2D eigenvalue weighted by Crippen LogP contribution is 2.17. The van der Waals surface area contributed by atoms with Gasteiger partial charge in [-0.2, -0.15) is 5.26 Å². The predicted octanol–water partition coefficient (Wildman–Crippen LogP) is 1.91. The summed E-state index contributed by atoms with van der Waals surface area (Å²) in [6.07, 6.45) is 4.73. The van der Waals surface area contributed by atoms with Crippen LogP contribution in [0, 0.1) is 11.3 Å². The third-order valence-electron chi connectivity index (χ3n) is 2.48. The molecule has 2 aromatic rings. The minimum absolute atomic E-state index is 0.0140. The molecule has 0 aliphatic carbocycles. The Balaban J connectivity index is 1.99. The highest BCUT2D eigenvalue weighted by molar-refractivity contribution is 8.00. The molecule has 7 heteroatoms. The number of aromatic nitrogens is 2. The maximum Gasteiger partial charge on any atom is 0.179 e. The van der Waals surface area contributed by atoms with E-state index in [1.165, 1.54) is 36.0 Å². The van der Waals surface area contributed by atoms with Crippen LogP contribution in [0.1, 0.15) is 5.56 Å². The third-order valence-corrected chi connectivity index (χ3v) is 5.39. The largest absolute Gasteiger partial charge is 0.260 e. The van der Waals surface area contributed by atoms with Crippen LogP contribution < -0.4 is 0 Å². The number of benzene rings is 1. The van der Waals surface area contributed by atoms with Crippen molar-refractivity contribution in [2.75, 3.05) is 11.5 Å².